The van der Waals surface area contributed by atoms with Crippen LogP contribution in [0.25, 0.3) is 0 Å². The van der Waals surface area contributed by atoms with Crippen LogP contribution >= 0.6 is 0 Å². The molecular formula is C17H24N2O2. The third-order valence-electron chi connectivity index (χ3n) is 4.39. The van der Waals surface area contributed by atoms with E-state index in [0.29, 0.717) is 19.4 Å². The van der Waals surface area contributed by atoms with Gasteiger partial charge in [-0.1, -0.05) is 44.2 Å². The van der Waals surface area contributed by atoms with Crippen LogP contribution in [0.15, 0.2) is 30.3 Å². The molecule has 4 nitrogen and oxygen atoms in total. The minimum absolute atomic E-state index is 0.0329. The number of hydrogen-bond donors (Lipinski definition) is 1. The predicted octanol–water partition coefficient (Wildman–Crippen LogP) is 2.13. The van der Waals surface area contributed by atoms with Gasteiger partial charge in [0.25, 0.3) is 0 Å². The first-order valence-corrected chi connectivity index (χ1v) is 7.69. The Labute approximate surface area is 126 Å². The molecule has 2 amide bonds. The van der Waals surface area contributed by atoms with Gasteiger partial charge in [0, 0.05) is 6.54 Å². The standard InChI is InChI=1S/C17H24N2O2/c1-4-14-15(20)18-17(3,5-2)16(21)19(14)12-11-13-9-7-6-8-10-13/h6-10,14H,4-5,11-12H2,1-3H3,(H,18,20). The van der Waals surface area contributed by atoms with Gasteiger partial charge in [0.15, 0.2) is 0 Å². The number of benzene rings is 1. The number of carbonyl (C=O) groups is 2. The fraction of sp³-hybridized carbons (Fsp3) is 0.529. The van der Waals surface area contributed by atoms with Crippen molar-refractivity contribution in [2.75, 3.05) is 6.54 Å². The lowest BCUT2D eigenvalue weighted by Crippen LogP contribution is -2.69. The molecule has 0 spiro atoms. The molecule has 2 unspecified atom stereocenters. The van der Waals surface area contributed by atoms with E-state index in [1.807, 2.05) is 39.0 Å². The zero-order valence-electron chi connectivity index (χ0n) is 13.1. The Morgan fingerprint density at radius 2 is 1.86 bits per heavy atom. The molecule has 114 valence electrons. The normalized spacial score (nSPS) is 25.9. The molecule has 4 heteroatoms. The first kappa shape index (κ1) is 15.5. The van der Waals surface area contributed by atoms with Crippen LogP contribution in [-0.2, 0) is 16.0 Å². The second kappa shape index (κ2) is 6.29. The van der Waals surface area contributed by atoms with E-state index in [2.05, 4.69) is 17.4 Å². The molecule has 0 aromatic heterocycles. The molecule has 2 rings (SSSR count). The zero-order valence-corrected chi connectivity index (χ0v) is 13.1. The second-order valence-corrected chi connectivity index (χ2v) is 5.83. The summed E-state index contributed by atoms with van der Waals surface area (Å²) in [5.74, 6) is 0.00175. The summed E-state index contributed by atoms with van der Waals surface area (Å²) in [6, 6.07) is 9.72. The molecule has 1 saturated heterocycles. The fourth-order valence-electron chi connectivity index (χ4n) is 2.81. The van der Waals surface area contributed by atoms with Gasteiger partial charge >= 0.3 is 0 Å². The van der Waals surface area contributed by atoms with Gasteiger partial charge in [0.1, 0.15) is 11.6 Å². The molecule has 0 bridgehead atoms. The number of rotatable bonds is 5. The van der Waals surface area contributed by atoms with E-state index in [1.165, 1.54) is 5.56 Å². The van der Waals surface area contributed by atoms with Gasteiger partial charge in [0.2, 0.25) is 11.8 Å². The summed E-state index contributed by atoms with van der Waals surface area (Å²) in [7, 11) is 0. The summed E-state index contributed by atoms with van der Waals surface area (Å²) in [6.07, 6.45) is 2.03. The number of hydrogen-bond acceptors (Lipinski definition) is 2. The molecule has 1 fully saturated rings. The molecule has 1 aliphatic rings. The molecule has 0 saturated carbocycles. The van der Waals surface area contributed by atoms with E-state index in [4.69, 9.17) is 0 Å². The molecule has 1 aromatic carbocycles. The van der Waals surface area contributed by atoms with Gasteiger partial charge < -0.3 is 10.2 Å². The highest BCUT2D eigenvalue weighted by Crippen LogP contribution is 2.23. The van der Waals surface area contributed by atoms with Crippen molar-refractivity contribution >= 4 is 11.8 Å². The topological polar surface area (TPSA) is 49.4 Å². The average molecular weight is 288 g/mol. The number of nitrogens with zero attached hydrogens (tertiary/aromatic N) is 1. The summed E-state index contributed by atoms with van der Waals surface area (Å²) in [6.45, 7) is 6.28. The summed E-state index contributed by atoms with van der Waals surface area (Å²) < 4.78 is 0. The van der Waals surface area contributed by atoms with E-state index in [9.17, 15) is 9.59 Å². The van der Waals surface area contributed by atoms with Crippen LogP contribution in [0, 0.1) is 0 Å². The lowest BCUT2D eigenvalue weighted by atomic mass is 9.91. The summed E-state index contributed by atoms with van der Waals surface area (Å²) in [5, 5.41) is 2.89. The maximum Gasteiger partial charge on any atom is 0.248 e. The first-order chi connectivity index (χ1) is 10.0. The summed E-state index contributed by atoms with van der Waals surface area (Å²) >= 11 is 0. The maximum atomic E-state index is 12.7. The quantitative estimate of drug-likeness (QED) is 0.902. The highest BCUT2D eigenvalue weighted by molar-refractivity contribution is 5.99. The van der Waals surface area contributed by atoms with Crippen molar-refractivity contribution in [3.05, 3.63) is 35.9 Å². The van der Waals surface area contributed by atoms with Crippen molar-refractivity contribution < 1.29 is 9.59 Å². The van der Waals surface area contributed by atoms with E-state index < -0.39 is 5.54 Å². The number of carbonyl (C=O) groups excluding carboxylic acids is 2. The number of piperazine rings is 1. The largest absolute Gasteiger partial charge is 0.340 e. The molecular weight excluding hydrogens is 264 g/mol. The first-order valence-electron chi connectivity index (χ1n) is 7.69. The third kappa shape index (κ3) is 3.09. The summed E-state index contributed by atoms with van der Waals surface area (Å²) in [5.41, 5.74) is 0.420. The number of nitrogens with one attached hydrogen (secondary N) is 1. The highest BCUT2D eigenvalue weighted by atomic mass is 16.2. The van der Waals surface area contributed by atoms with Gasteiger partial charge in [-0.25, -0.2) is 0 Å². The Morgan fingerprint density at radius 1 is 1.19 bits per heavy atom. The smallest absolute Gasteiger partial charge is 0.248 e. The maximum absolute atomic E-state index is 12.7. The van der Waals surface area contributed by atoms with Crippen LogP contribution in [0.3, 0.4) is 0 Å². The Balaban J connectivity index is 2.16. The molecule has 1 aliphatic heterocycles. The SMILES string of the molecule is CCC1C(=O)NC(C)(CC)C(=O)N1CCc1ccccc1. The van der Waals surface area contributed by atoms with Crippen molar-refractivity contribution in [3.8, 4) is 0 Å². The third-order valence-corrected chi connectivity index (χ3v) is 4.39. The van der Waals surface area contributed by atoms with Crippen LogP contribution < -0.4 is 5.32 Å². The minimum Gasteiger partial charge on any atom is -0.340 e. The monoisotopic (exact) mass is 288 g/mol. The molecule has 21 heavy (non-hydrogen) atoms. The van der Waals surface area contributed by atoms with Gasteiger partial charge in [0.05, 0.1) is 0 Å². The number of amides is 2. The zero-order chi connectivity index (χ0) is 15.5. The van der Waals surface area contributed by atoms with Crippen molar-refractivity contribution in [1.82, 2.24) is 10.2 Å². The molecule has 1 heterocycles. The van der Waals surface area contributed by atoms with Crippen molar-refractivity contribution in [2.45, 2.75) is 51.6 Å². The van der Waals surface area contributed by atoms with Gasteiger partial charge in [-0.3, -0.25) is 9.59 Å². The van der Waals surface area contributed by atoms with Crippen LogP contribution in [0.2, 0.25) is 0 Å². The Hall–Kier alpha value is -1.84. The lowest BCUT2D eigenvalue weighted by molar-refractivity contribution is -0.154. The molecule has 1 N–H and O–H groups in total. The Morgan fingerprint density at radius 3 is 2.43 bits per heavy atom. The molecule has 0 radical (unpaired) electrons. The van der Waals surface area contributed by atoms with Gasteiger partial charge in [-0.2, -0.15) is 0 Å². The minimum atomic E-state index is -0.764. The fourth-order valence-corrected chi connectivity index (χ4v) is 2.81. The van der Waals surface area contributed by atoms with E-state index in [-0.39, 0.29) is 17.9 Å². The second-order valence-electron chi connectivity index (χ2n) is 5.83. The van der Waals surface area contributed by atoms with Crippen LogP contribution in [0.4, 0.5) is 0 Å². The van der Waals surface area contributed by atoms with Crippen LogP contribution in [0.5, 0.6) is 0 Å². The molecule has 2 atom stereocenters. The average Bonchev–Trinajstić information content (AvgIpc) is 2.50. The predicted molar refractivity (Wildman–Crippen MR) is 82.8 cm³/mol. The van der Waals surface area contributed by atoms with Crippen molar-refractivity contribution in [3.63, 3.8) is 0 Å². The van der Waals surface area contributed by atoms with Crippen LogP contribution in [0.1, 0.15) is 39.2 Å². The van der Waals surface area contributed by atoms with E-state index >= 15 is 0 Å². The van der Waals surface area contributed by atoms with E-state index in [1.54, 1.807) is 4.90 Å². The Bertz CT molecular complexity index is 515. The van der Waals surface area contributed by atoms with Gasteiger partial charge in [-0.05, 0) is 31.7 Å². The Kier molecular flexibility index (Phi) is 4.66. The highest BCUT2D eigenvalue weighted by Gasteiger charge is 2.45. The molecule has 1 aromatic rings. The summed E-state index contributed by atoms with van der Waals surface area (Å²) in [4.78, 5) is 26.7. The lowest BCUT2D eigenvalue weighted by Gasteiger charge is -2.44. The van der Waals surface area contributed by atoms with Gasteiger partial charge in [-0.15, -0.1) is 0 Å². The molecule has 0 aliphatic carbocycles. The van der Waals surface area contributed by atoms with Crippen molar-refractivity contribution in [1.29, 1.82) is 0 Å². The van der Waals surface area contributed by atoms with E-state index in [0.717, 1.165) is 6.42 Å². The van der Waals surface area contributed by atoms with Crippen molar-refractivity contribution in [2.24, 2.45) is 0 Å². The van der Waals surface area contributed by atoms with Crippen LogP contribution in [-0.4, -0.2) is 34.8 Å².